The number of nitrogens with one attached hydrogen (secondary N) is 3. The first-order valence-electron chi connectivity index (χ1n) is 9.77. The first-order valence-corrected chi connectivity index (χ1v) is 12.2. The van der Waals surface area contributed by atoms with Crippen molar-refractivity contribution >= 4 is 35.2 Å². The number of aromatic amines is 2. The molecule has 3 rings (SSSR count). The van der Waals surface area contributed by atoms with Crippen molar-refractivity contribution in [2.45, 2.75) is 31.8 Å². The molecule has 2 aromatic heterocycles. The molecule has 0 spiro atoms. The highest BCUT2D eigenvalue weighted by molar-refractivity contribution is 7.99. The molecule has 9 heteroatoms. The number of carbonyl (C=O) groups is 1. The lowest BCUT2D eigenvalue weighted by Crippen LogP contribution is -2.15. The first kappa shape index (κ1) is 22.8. The zero-order valence-corrected chi connectivity index (χ0v) is 19.3. The van der Waals surface area contributed by atoms with Gasteiger partial charge < -0.3 is 20.4 Å². The van der Waals surface area contributed by atoms with Gasteiger partial charge in [-0.15, -0.1) is 0 Å². The van der Waals surface area contributed by atoms with Gasteiger partial charge in [0.1, 0.15) is 17.6 Å². The molecule has 3 aromatic rings. The fourth-order valence-electron chi connectivity index (χ4n) is 3.16. The number of benzene rings is 1. The van der Waals surface area contributed by atoms with Gasteiger partial charge in [-0.1, -0.05) is 23.9 Å². The number of nitriles is 1. The lowest BCUT2D eigenvalue weighted by Gasteiger charge is -2.03. The van der Waals surface area contributed by atoms with E-state index in [1.807, 2.05) is 32.2 Å². The molecular formula is C22H25N5O2S2. The third-order valence-corrected chi connectivity index (χ3v) is 6.38. The minimum absolute atomic E-state index is 0.175. The Labute approximate surface area is 190 Å². The van der Waals surface area contributed by atoms with Gasteiger partial charge in [0.15, 0.2) is 5.16 Å². The third-order valence-electron chi connectivity index (χ3n) is 4.90. The van der Waals surface area contributed by atoms with Gasteiger partial charge in [0.2, 0.25) is 5.91 Å². The minimum Gasteiger partial charge on any atom is -0.508 e. The molecule has 0 aliphatic carbocycles. The summed E-state index contributed by atoms with van der Waals surface area (Å²) in [5.41, 5.74) is 5.25. The predicted molar refractivity (Wildman–Crippen MR) is 126 cm³/mol. The number of aromatic hydroxyl groups is 1. The topological polar surface area (TPSA) is 118 Å². The van der Waals surface area contributed by atoms with Crippen LogP contribution in [0.1, 0.15) is 33.8 Å². The van der Waals surface area contributed by atoms with Gasteiger partial charge in [0, 0.05) is 17.8 Å². The number of thioether (sulfide) groups is 2. The summed E-state index contributed by atoms with van der Waals surface area (Å²) in [4.78, 5) is 23.5. The van der Waals surface area contributed by atoms with E-state index >= 15 is 0 Å². The molecule has 0 aliphatic rings. The Bertz CT molecular complexity index is 1100. The van der Waals surface area contributed by atoms with E-state index < -0.39 is 0 Å². The van der Waals surface area contributed by atoms with Gasteiger partial charge in [0.25, 0.3) is 0 Å². The minimum atomic E-state index is -0.201. The normalized spacial score (nSPS) is 10.8. The molecule has 0 bridgehead atoms. The molecule has 2 heterocycles. The van der Waals surface area contributed by atoms with Crippen molar-refractivity contribution in [2.24, 2.45) is 0 Å². The Morgan fingerprint density at radius 3 is 2.68 bits per heavy atom. The van der Waals surface area contributed by atoms with Crippen LogP contribution in [0.2, 0.25) is 0 Å². The van der Waals surface area contributed by atoms with E-state index in [1.54, 1.807) is 23.9 Å². The summed E-state index contributed by atoms with van der Waals surface area (Å²) < 4.78 is 0. The first-order chi connectivity index (χ1) is 14.9. The second kappa shape index (κ2) is 10.5. The van der Waals surface area contributed by atoms with E-state index in [9.17, 15) is 15.2 Å². The number of rotatable bonds is 9. The quantitative estimate of drug-likeness (QED) is 0.360. The van der Waals surface area contributed by atoms with Gasteiger partial charge in [-0.2, -0.15) is 17.0 Å². The number of hydrogen-bond acceptors (Lipinski definition) is 6. The summed E-state index contributed by atoms with van der Waals surface area (Å²) in [5.74, 6) is 1.62. The average molecular weight is 456 g/mol. The molecule has 0 unspecified atom stereocenters. The summed E-state index contributed by atoms with van der Waals surface area (Å²) in [6.07, 6.45) is 3.50. The highest BCUT2D eigenvalue weighted by atomic mass is 32.2. The smallest absolute Gasteiger partial charge is 0.235 e. The summed E-state index contributed by atoms with van der Waals surface area (Å²) >= 11 is 3.05. The maximum atomic E-state index is 12.5. The van der Waals surface area contributed by atoms with Crippen molar-refractivity contribution in [3.05, 3.63) is 58.0 Å². The van der Waals surface area contributed by atoms with Crippen LogP contribution in [0.4, 0.5) is 5.82 Å². The number of phenolic OH excluding ortho intramolecular Hbond substituents is 1. The fourth-order valence-corrected chi connectivity index (χ4v) is 4.31. The Morgan fingerprint density at radius 2 is 2.00 bits per heavy atom. The van der Waals surface area contributed by atoms with Crippen LogP contribution in [0.25, 0.3) is 0 Å². The average Bonchev–Trinajstić information content (AvgIpc) is 3.25. The summed E-state index contributed by atoms with van der Waals surface area (Å²) in [5, 5.41) is 22.4. The number of amides is 1. The van der Waals surface area contributed by atoms with Crippen LogP contribution < -0.4 is 5.32 Å². The Morgan fingerprint density at radius 1 is 1.26 bits per heavy atom. The van der Waals surface area contributed by atoms with Crippen LogP contribution in [0.5, 0.6) is 5.75 Å². The van der Waals surface area contributed by atoms with E-state index in [2.05, 4.69) is 26.3 Å². The van der Waals surface area contributed by atoms with Crippen LogP contribution >= 0.6 is 23.5 Å². The van der Waals surface area contributed by atoms with Crippen LogP contribution in [0.3, 0.4) is 0 Å². The standard InChI is InChI=1S/C22H25N5O2S2/c1-13-17(11-23)21(25-18(13)8-9-30-3)27-20(29)12-31-22-24-14(2)19(26-22)10-15-4-6-16(28)7-5-15/h4-7,25,28H,8-10,12H2,1-3H3,(H,24,26)(H,27,29). The highest BCUT2D eigenvalue weighted by Gasteiger charge is 2.17. The van der Waals surface area contributed by atoms with Crippen molar-refractivity contribution in [3.8, 4) is 11.8 Å². The number of aromatic nitrogens is 3. The zero-order valence-electron chi connectivity index (χ0n) is 17.7. The number of anilines is 1. The number of aryl methyl sites for hydroxylation is 2. The number of hydrogen-bond donors (Lipinski definition) is 4. The lowest BCUT2D eigenvalue weighted by molar-refractivity contribution is -0.113. The largest absolute Gasteiger partial charge is 0.508 e. The van der Waals surface area contributed by atoms with Gasteiger partial charge in [0.05, 0.1) is 17.0 Å². The molecule has 0 fully saturated rings. The maximum Gasteiger partial charge on any atom is 0.235 e. The van der Waals surface area contributed by atoms with Gasteiger partial charge >= 0.3 is 0 Å². The predicted octanol–water partition coefficient (Wildman–Crippen LogP) is 4.16. The number of imidazole rings is 1. The summed E-state index contributed by atoms with van der Waals surface area (Å²) in [6.45, 7) is 3.85. The van der Waals surface area contributed by atoms with Crippen molar-refractivity contribution < 1.29 is 9.90 Å². The maximum absolute atomic E-state index is 12.5. The Balaban J connectivity index is 1.60. The van der Waals surface area contributed by atoms with E-state index in [1.165, 1.54) is 11.8 Å². The van der Waals surface area contributed by atoms with Crippen LogP contribution in [-0.4, -0.2) is 43.7 Å². The molecule has 1 amide bonds. The summed E-state index contributed by atoms with van der Waals surface area (Å²) in [7, 11) is 0. The van der Waals surface area contributed by atoms with Crippen molar-refractivity contribution in [2.75, 3.05) is 23.1 Å². The van der Waals surface area contributed by atoms with Crippen molar-refractivity contribution in [1.29, 1.82) is 5.26 Å². The molecule has 0 aliphatic heterocycles. The van der Waals surface area contributed by atoms with E-state index in [-0.39, 0.29) is 17.4 Å². The van der Waals surface area contributed by atoms with Crippen molar-refractivity contribution in [3.63, 3.8) is 0 Å². The van der Waals surface area contributed by atoms with Gasteiger partial charge in [-0.05, 0) is 55.5 Å². The van der Waals surface area contributed by atoms with Gasteiger partial charge in [-0.25, -0.2) is 4.98 Å². The molecule has 1 aromatic carbocycles. The molecule has 31 heavy (non-hydrogen) atoms. The number of phenols is 1. The lowest BCUT2D eigenvalue weighted by atomic mass is 10.1. The fraction of sp³-hybridized carbons (Fsp3) is 0.318. The molecule has 0 atom stereocenters. The molecule has 0 radical (unpaired) electrons. The monoisotopic (exact) mass is 455 g/mol. The van der Waals surface area contributed by atoms with E-state index in [0.29, 0.717) is 23.0 Å². The van der Waals surface area contributed by atoms with Gasteiger partial charge in [-0.3, -0.25) is 4.79 Å². The van der Waals surface area contributed by atoms with Crippen molar-refractivity contribution in [1.82, 2.24) is 15.0 Å². The zero-order chi connectivity index (χ0) is 22.4. The Kier molecular flexibility index (Phi) is 7.71. The van der Waals surface area contributed by atoms with Crippen LogP contribution in [0, 0.1) is 25.2 Å². The Hall–Kier alpha value is -2.83. The molecule has 7 nitrogen and oxygen atoms in total. The van der Waals surface area contributed by atoms with E-state index in [4.69, 9.17) is 0 Å². The number of H-pyrrole nitrogens is 2. The third kappa shape index (κ3) is 5.87. The second-order valence-corrected chi connectivity index (χ2v) is 9.08. The molecule has 4 N–H and O–H groups in total. The number of nitrogens with zero attached hydrogens (tertiary/aromatic N) is 2. The van der Waals surface area contributed by atoms with E-state index in [0.717, 1.165) is 40.4 Å². The molecule has 0 saturated heterocycles. The van der Waals surface area contributed by atoms with Crippen LogP contribution in [0.15, 0.2) is 29.4 Å². The summed E-state index contributed by atoms with van der Waals surface area (Å²) in [6, 6.07) is 9.22. The number of carbonyl (C=O) groups excluding carboxylic acids is 1. The second-order valence-electron chi connectivity index (χ2n) is 7.13. The molecular weight excluding hydrogens is 430 g/mol. The van der Waals surface area contributed by atoms with Crippen LogP contribution in [-0.2, 0) is 17.6 Å². The molecule has 0 saturated carbocycles. The molecule has 162 valence electrons. The highest BCUT2D eigenvalue weighted by Crippen LogP contribution is 2.24. The SMILES string of the molecule is CSCCc1[nH]c(NC(=O)CSc2nc(Cc3ccc(O)cc3)c(C)[nH]2)c(C#N)c1C.